The fourth-order valence-electron chi connectivity index (χ4n) is 3.05. The lowest BCUT2D eigenvalue weighted by Crippen LogP contribution is -2.10. The summed E-state index contributed by atoms with van der Waals surface area (Å²) < 4.78 is 40.8. The third-order valence-corrected chi connectivity index (χ3v) is 4.72. The lowest BCUT2D eigenvalue weighted by Gasteiger charge is -2.19. The summed E-state index contributed by atoms with van der Waals surface area (Å²) in [7, 11) is 0. The van der Waals surface area contributed by atoms with Gasteiger partial charge in [0, 0.05) is 0 Å². The minimum absolute atomic E-state index is 0.276. The van der Waals surface area contributed by atoms with Crippen molar-refractivity contribution in [3.8, 4) is 0 Å². The molecule has 3 heteroatoms. The normalized spacial score (nSPS) is 14.3. The van der Waals surface area contributed by atoms with Gasteiger partial charge in [0.05, 0.1) is 6.42 Å². The van der Waals surface area contributed by atoms with Gasteiger partial charge >= 0.3 is 6.18 Å². The van der Waals surface area contributed by atoms with E-state index in [1.54, 1.807) is 24.3 Å². The second kappa shape index (κ2) is 10.1. The third-order valence-electron chi connectivity index (χ3n) is 4.72. The van der Waals surface area contributed by atoms with Crippen molar-refractivity contribution in [2.75, 3.05) is 0 Å². The van der Waals surface area contributed by atoms with Gasteiger partial charge in [-0.25, -0.2) is 0 Å². The Labute approximate surface area is 171 Å². The maximum absolute atomic E-state index is 13.6. The van der Waals surface area contributed by atoms with Gasteiger partial charge in [0.25, 0.3) is 0 Å². The Morgan fingerprint density at radius 2 is 1.45 bits per heavy atom. The van der Waals surface area contributed by atoms with Crippen molar-refractivity contribution in [3.63, 3.8) is 0 Å². The highest BCUT2D eigenvalue weighted by atomic mass is 19.4. The number of hydrogen-bond donors (Lipinski definition) is 0. The van der Waals surface area contributed by atoms with Crippen LogP contribution in [-0.2, 0) is 0 Å². The molecule has 0 unspecified atom stereocenters. The fourth-order valence-corrected chi connectivity index (χ4v) is 3.05. The first kappa shape index (κ1) is 22.5. The highest BCUT2D eigenvalue weighted by molar-refractivity contribution is 5.99. The van der Waals surface area contributed by atoms with Crippen LogP contribution in [0.1, 0.15) is 43.9 Å². The molecule has 0 atom stereocenters. The van der Waals surface area contributed by atoms with Crippen LogP contribution in [0, 0.1) is 6.92 Å². The van der Waals surface area contributed by atoms with Crippen molar-refractivity contribution in [3.05, 3.63) is 107 Å². The van der Waals surface area contributed by atoms with Crippen molar-refractivity contribution < 1.29 is 13.2 Å². The van der Waals surface area contributed by atoms with Crippen molar-refractivity contribution in [1.82, 2.24) is 0 Å². The molecule has 0 amide bonds. The van der Waals surface area contributed by atoms with Crippen LogP contribution in [0.2, 0.25) is 0 Å². The summed E-state index contributed by atoms with van der Waals surface area (Å²) in [5, 5.41) is 0. The van der Waals surface area contributed by atoms with Gasteiger partial charge in [-0.15, -0.1) is 0 Å². The molecule has 0 aliphatic carbocycles. The molecule has 0 saturated heterocycles. The van der Waals surface area contributed by atoms with E-state index in [0.29, 0.717) is 11.1 Å². The summed E-state index contributed by atoms with van der Waals surface area (Å²) in [6, 6.07) is 16.5. The SMILES string of the molecule is C\C=C(C)/C=C\C(=C/C)C(=C(\CC(F)(F)F)c1ccccc1)\c1ccc(C)cc1. The molecule has 2 aromatic carbocycles. The Kier molecular flexibility index (Phi) is 7.83. The number of rotatable bonds is 6. The van der Waals surface area contributed by atoms with Crippen molar-refractivity contribution in [1.29, 1.82) is 0 Å². The standard InChI is InChI=1S/C26H27F3/c1-5-19(3)12-15-21(6-2)25(23-16-13-20(4)14-17-23)24(18-26(27,28)29)22-10-8-7-9-11-22/h5-17H,18H2,1-4H3/b15-12-,19-5-,21-6+,25-24+. The topological polar surface area (TPSA) is 0 Å². The zero-order valence-corrected chi connectivity index (χ0v) is 17.3. The number of allylic oxidation sites excluding steroid dienone is 8. The molecule has 152 valence electrons. The van der Waals surface area contributed by atoms with Crippen LogP contribution < -0.4 is 0 Å². The minimum atomic E-state index is -4.32. The summed E-state index contributed by atoms with van der Waals surface area (Å²) in [6.45, 7) is 7.72. The maximum Gasteiger partial charge on any atom is 0.393 e. The van der Waals surface area contributed by atoms with Gasteiger partial charge in [-0.2, -0.15) is 13.2 Å². The first-order valence-electron chi connectivity index (χ1n) is 9.65. The average Bonchev–Trinajstić information content (AvgIpc) is 2.70. The van der Waals surface area contributed by atoms with E-state index in [-0.39, 0.29) is 5.57 Å². The molecule has 0 bridgehead atoms. The van der Waals surface area contributed by atoms with E-state index >= 15 is 0 Å². The lowest BCUT2D eigenvalue weighted by molar-refractivity contribution is -0.122. The van der Waals surface area contributed by atoms with E-state index in [0.717, 1.165) is 22.3 Å². The highest BCUT2D eigenvalue weighted by Crippen LogP contribution is 2.39. The monoisotopic (exact) mass is 396 g/mol. The van der Waals surface area contributed by atoms with E-state index in [1.165, 1.54) is 0 Å². The molecule has 0 radical (unpaired) electrons. The predicted molar refractivity (Wildman–Crippen MR) is 117 cm³/mol. The number of benzene rings is 2. The third kappa shape index (κ3) is 6.63. The Bertz CT molecular complexity index is 922. The molecular formula is C26H27F3. The van der Waals surface area contributed by atoms with Gasteiger partial charge in [0.15, 0.2) is 0 Å². The Morgan fingerprint density at radius 1 is 0.828 bits per heavy atom. The van der Waals surface area contributed by atoms with Crippen LogP contribution in [0.25, 0.3) is 11.1 Å². The van der Waals surface area contributed by atoms with Gasteiger partial charge in [-0.05, 0) is 55.5 Å². The molecule has 0 heterocycles. The van der Waals surface area contributed by atoms with E-state index in [1.807, 2.05) is 82.3 Å². The number of halogens is 3. The molecule has 29 heavy (non-hydrogen) atoms. The molecule has 0 N–H and O–H groups in total. The highest BCUT2D eigenvalue weighted by Gasteiger charge is 2.31. The van der Waals surface area contributed by atoms with Crippen LogP contribution in [0.3, 0.4) is 0 Å². The van der Waals surface area contributed by atoms with Crippen LogP contribution in [0.15, 0.2) is 90.0 Å². The van der Waals surface area contributed by atoms with Gasteiger partial charge in [-0.1, -0.05) is 90.0 Å². The van der Waals surface area contributed by atoms with E-state index in [2.05, 4.69) is 0 Å². The molecule has 0 spiro atoms. The predicted octanol–water partition coefficient (Wildman–Crippen LogP) is 8.33. The van der Waals surface area contributed by atoms with Crippen LogP contribution in [0.5, 0.6) is 0 Å². The van der Waals surface area contributed by atoms with E-state index < -0.39 is 12.6 Å². The molecule has 0 aliphatic heterocycles. The van der Waals surface area contributed by atoms with Crippen LogP contribution in [-0.4, -0.2) is 6.18 Å². The van der Waals surface area contributed by atoms with Crippen molar-refractivity contribution in [2.45, 2.75) is 40.3 Å². The van der Waals surface area contributed by atoms with Crippen molar-refractivity contribution >= 4 is 11.1 Å². The summed E-state index contributed by atoms with van der Waals surface area (Å²) in [6.07, 6.45) is 2.35. The van der Waals surface area contributed by atoms with Crippen molar-refractivity contribution in [2.24, 2.45) is 0 Å². The largest absolute Gasteiger partial charge is 0.393 e. The maximum atomic E-state index is 13.6. The quantitative estimate of drug-likeness (QED) is 0.340. The molecule has 2 aromatic rings. The zero-order valence-electron chi connectivity index (χ0n) is 17.3. The van der Waals surface area contributed by atoms with Gasteiger partial charge < -0.3 is 0 Å². The number of alkyl halides is 3. The summed E-state index contributed by atoms with van der Waals surface area (Å²) in [4.78, 5) is 0. The first-order valence-corrected chi connectivity index (χ1v) is 9.65. The number of aryl methyl sites for hydroxylation is 1. The van der Waals surface area contributed by atoms with Gasteiger partial charge in [0.1, 0.15) is 0 Å². The first-order chi connectivity index (χ1) is 13.7. The number of hydrogen-bond acceptors (Lipinski definition) is 0. The molecule has 0 fully saturated rings. The van der Waals surface area contributed by atoms with Gasteiger partial charge in [0.2, 0.25) is 0 Å². The Morgan fingerprint density at radius 3 is 1.97 bits per heavy atom. The van der Waals surface area contributed by atoms with Crippen LogP contribution in [0.4, 0.5) is 13.2 Å². The Balaban J connectivity index is 2.82. The molecule has 0 aliphatic rings. The molecule has 0 nitrogen and oxygen atoms in total. The zero-order chi connectivity index (χ0) is 21.4. The molecule has 0 aromatic heterocycles. The summed E-state index contributed by atoms with van der Waals surface area (Å²) >= 11 is 0. The van der Waals surface area contributed by atoms with Gasteiger partial charge in [-0.3, -0.25) is 0 Å². The summed E-state index contributed by atoms with van der Waals surface area (Å²) in [5.74, 6) is 0. The molecule has 0 saturated carbocycles. The smallest absolute Gasteiger partial charge is 0.171 e. The fraction of sp³-hybridized carbons (Fsp3) is 0.231. The Hall–Kier alpha value is -2.81. The second-order valence-electron chi connectivity index (χ2n) is 6.99. The second-order valence-corrected chi connectivity index (χ2v) is 6.99. The molecular weight excluding hydrogens is 369 g/mol. The van der Waals surface area contributed by atoms with E-state index in [4.69, 9.17) is 0 Å². The summed E-state index contributed by atoms with van der Waals surface area (Å²) in [5.41, 5.74) is 5.11. The molecule has 2 rings (SSSR count). The lowest BCUT2D eigenvalue weighted by atomic mass is 9.86. The van der Waals surface area contributed by atoms with E-state index in [9.17, 15) is 13.2 Å². The average molecular weight is 396 g/mol. The minimum Gasteiger partial charge on any atom is -0.171 e. The van der Waals surface area contributed by atoms with Crippen LogP contribution >= 0.6 is 0 Å².